The Morgan fingerprint density at radius 2 is 1.74 bits per heavy atom. The normalized spacial score (nSPS) is 15.1. The molecule has 0 aliphatic carbocycles. The lowest BCUT2D eigenvalue weighted by molar-refractivity contribution is -0.130. The van der Waals surface area contributed by atoms with Crippen molar-refractivity contribution in [2.24, 2.45) is 0 Å². The van der Waals surface area contributed by atoms with Crippen LogP contribution in [-0.4, -0.2) is 52.9 Å². The first-order valence-corrected chi connectivity index (χ1v) is 12.6. The van der Waals surface area contributed by atoms with Crippen LogP contribution in [0, 0.1) is 0 Å². The molecule has 1 amide bonds. The Morgan fingerprint density at radius 3 is 2.44 bits per heavy atom. The lowest BCUT2D eigenvalue weighted by Gasteiger charge is -2.24. The van der Waals surface area contributed by atoms with E-state index in [9.17, 15) is 9.59 Å². The Balaban J connectivity index is 1.69. The van der Waals surface area contributed by atoms with E-state index in [1.807, 2.05) is 48.2 Å². The van der Waals surface area contributed by atoms with Crippen molar-refractivity contribution in [1.82, 2.24) is 14.5 Å². The standard InChI is InChI=1S/C26H31N3O4S/c1-18(24(30)28-14-8-4-5-9-15-28)34-26-27-21-11-7-6-10-20(21)25(31)29(26)17-19-12-13-22(32-2)23(16-19)33-3/h6-7,10-13,16,18H,4-5,8-9,14-15,17H2,1-3H3. The lowest BCUT2D eigenvalue weighted by atomic mass is 10.2. The third kappa shape index (κ3) is 5.22. The molecule has 1 atom stereocenters. The van der Waals surface area contributed by atoms with Crippen LogP contribution in [0.5, 0.6) is 11.5 Å². The molecule has 1 unspecified atom stereocenters. The fraction of sp³-hybridized carbons (Fsp3) is 0.423. The number of nitrogens with zero attached hydrogens (tertiary/aromatic N) is 3. The third-order valence-corrected chi connectivity index (χ3v) is 7.24. The van der Waals surface area contributed by atoms with Gasteiger partial charge in [0.1, 0.15) is 0 Å². The maximum absolute atomic E-state index is 13.5. The molecular weight excluding hydrogens is 450 g/mol. The molecule has 0 spiro atoms. The number of carbonyl (C=O) groups excluding carboxylic acids is 1. The molecule has 2 heterocycles. The van der Waals surface area contributed by atoms with Crippen molar-refractivity contribution in [1.29, 1.82) is 0 Å². The second-order valence-electron chi connectivity index (χ2n) is 8.49. The van der Waals surface area contributed by atoms with Gasteiger partial charge in [-0.3, -0.25) is 14.2 Å². The summed E-state index contributed by atoms with van der Waals surface area (Å²) >= 11 is 1.35. The van der Waals surface area contributed by atoms with E-state index in [0.29, 0.717) is 34.1 Å². The van der Waals surface area contributed by atoms with Crippen LogP contribution in [0.25, 0.3) is 10.9 Å². The topological polar surface area (TPSA) is 73.7 Å². The summed E-state index contributed by atoms with van der Waals surface area (Å²) < 4.78 is 12.4. The largest absolute Gasteiger partial charge is 0.493 e. The number of hydrogen-bond acceptors (Lipinski definition) is 6. The average Bonchev–Trinajstić information content (AvgIpc) is 3.15. The summed E-state index contributed by atoms with van der Waals surface area (Å²) in [7, 11) is 3.18. The smallest absolute Gasteiger partial charge is 0.262 e. The molecule has 180 valence electrons. The highest BCUT2D eigenvalue weighted by Gasteiger charge is 2.25. The van der Waals surface area contributed by atoms with Crippen LogP contribution >= 0.6 is 11.8 Å². The minimum atomic E-state index is -0.345. The molecule has 1 aliphatic rings. The predicted molar refractivity (Wildman–Crippen MR) is 135 cm³/mol. The van der Waals surface area contributed by atoms with Crippen molar-refractivity contribution in [3.8, 4) is 11.5 Å². The van der Waals surface area contributed by atoms with Crippen LogP contribution in [0.15, 0.2) is 52.4 Å². The predicted octanol–water partition coefficient (Wildman–Crippen LogP) is 4.35. The first-order valence-electron chi connectivity index (χ1n) is 11.7. The number of benzene rings is 2. The van der Waals surface area contributed by atoms with Crippen LogP contribution in [0.3, 0.4) is 0 Å². The number of methoxy groups -OCH3 is 2. The monoisotopic (exact) mass is 481 g/mol. The van der Waals surface area contributed by atoms with Crippen molar-refractivity contribution in [3.63, 3.8) is 0 Å². The fourth-order valence-electron chi connectivity index (χ4n) is 4.30. The second kappa shape index (κ2) is 11.0. The van der Waals surface area contributed by atoms with E-state index < -0.39 is 0 Å². The number of aromatic nitrogens is 2. The van der Waals surface area contributed by atoms with Crippen LogP contribution in [0.2, 0.25) is 0 Å². The van der Waals surface area contributed by atoms with Gasteiger partial charge >= 0.3 is 0 Å². The van der Waals surface area contributed by atoms with E-state index in [-0.39, 0.29) is 16.7 Å². The summed E-state index contributed by atoms with van der Waals surface area (Å²) in [6.07, 6.45) is 4.42. The molecule has 0 bridgehead atoms. The van der Waals surface area contributed by atoms with Gasteiger partial charge in [0.25, 0.3) is 5.56 Å². The molecule has 1 saturated heterocycles. The number of hydrogen-bond donors (Lipinski definition) is 0. The second-order valence-corrected chi connectivity index (χ2v) is 9.80. The van der Waals surface area contributed by atoms with E-state index in [4.69, 9.17) is 14.5 Å². The number of carbonyl (C=O) groups is 1. The molecule has 0 saturated carbocycles. The minimum Gasteiger partial charge on any atom is -0.493 e. The van der Waals surface area contributed by atoms with E-state index in [1.54, 1.807) is 24.9 Å². The fourth-order valence-corrected chi connectivity index (χ4v) is 5.29. The van der Waals surface area contributed by atoms with Gasteiger partial charge in [0.15, 0.2) is 16.7 Å². The molecule has 2 aromatic carbocycles. The molecule has 4 rings (SSSR count). The van der Waals surface area contributed by atoms with Crippen LogP contribution in [-0.2, 0) is 11.3 Å². The van der Waals surface area contributed by atoms with Crippen molar-refractivity contribution in [2.45, 2.75) is 49.6 Å². The van der Waals surface area contributed by atoms with Gasteiger partial charge in [0.05, 0.1) is 36.9 Å². The van der Waals surface area contributed by atoms with Crippen molar-refractivity contribution in [3.05, 3.63) is 58.4 Å². The molecule has 8 heteroatoms. The average molecular weight is 482 g/mol. The molecule has 1 aliphatic heterocycles. The van der Waals surface area contributed by atoms with Gasteiger partial charge in [0, 0.05) is 13.1 Å². The van der Waals surface area contributed by atoms with Crippen molar-refractivity contribution in [2.75, 3.05) is 27.3 Å². The first kappa shape index (κ1) is 24.1. The molecule has 1 aromatic heterocycles. The molecule has 1 fully saturated rings. The summed E-state index contributed by atoms with van der Waals surface area (Å²) in [5.74, 6) is 1.33. The van der Waals surface area contributed by atoms with Gasteiger partial charge in [-0.1, -0.05) is 42.8 Å². The molecule has 0 radical (unpaired) electrons. The third-order valence-electron chi connectivity index (χ3n) is 6.16. The molecule has 7 nitrogen and oxygen atoms in total. The number of likely N-dealkylation sites (tertiary alicyclic amines) is 1. The highest BCUT2D eigenvalue weighted by molar-refractivity contribution is 8.00. The van der Waals surface area contributed by atoms with Gasteiger partial charge in [-0.2, -0.15) is 0 Å². The number of thioether (sulfide) groups is 1. The number of amides is 1. The maximum atomic E-state index is 13.5. The SMILES string of the molecule is COc1ccc(Cn2c(SC(C)C(=O)N3CCCCCC3)nc3ccccc3c2=O)cc1OC. The minimum absolute atomic E-state index is 0.104. The zero-order valence-electron chi connectivity index (χ0n) is 20.0. The summed E-state index contributed by atoms with van der Waals surface area (Å²) in [5, 5.41) is 0.746. The van der Waals surface area contributed by atoms with E-state index in [1.165, 1.54) is 24.6 Å². The summed E-state index contributed by atoms with van der Waals surface area (Å²) in [5.41, 5.74) is 1.38. The van der Waals surface area contributed by atoms with E-state index >= 15 is 0 Å². The van der Waals surface area contributed by atoms with Gasteiger partial charge < -0.3 is 14.4 Å². The molecular formula is C26H31N3O4S. The maximum Gasteiger partial charge on any atom is 0.262 e. The summed E-state index contributed by atoms with van der Waals surface area (Å²) in [6.45, 7) is 3.81. The molecule has 0 N–H and O–H groups in total. The van der Waals surface area contributed by atoms with Crippen LogP contribution in [0.4, 0.5) is 0 Å². The number of ether oxygens (including phenoxy) is 2. The van der Waals surface area contributed by atoms with Gasteiger partial charge in [-0.15, -0.1) is 0 Å². The Morgan fingerprint density at radius 1 is 1.03 bits per heavy atom. The Kier molecular flexibility index (Phi) is 7.77. The Labute approximate surface area is 204 Å². The lowest BCUT2D eigenvalue weighted by Crippen LogP contribution is -2.37. The summed E-state index contributed by atoms with van der Waals surface area (Å²) in [6, 6.07) is 12.9. The van der Waals surface area contributed by atoms with Gasteiger partial charge in [0.2, 0.25) is 5.91 Å². The Hall–Kier alpha value is -3.00. The number of rotatable bonds is 7. The number of fused-ring (bicyclic) bond motifs is 1. The quantitative estimate of drug-likeness (QED) is 0.369. The molecule has 34 heavy (non-hydrogen) atoms. The highest BCUT2D eigenvalue weighted by Crippen LogP contribution is 2.29. The highest BCUT2D eigenvalue weighted by atomic mass is 32.2. The van der Waals surface area contributed by atoms with Crippen LogP contribution < -0.4 is 15.0 Å². The number of para-hydroxylation sites is 1. The van der Waals surface area contributed by atoms with Crippen molar-refractivity contribution < 1.29 is 14.3 Å². The van der Waals surface area contributed by atoms with E-state index in [2.05, 4.69) is 0 Å². The summed E-state index contributed by atoms with van der Waals surface area (Å²) in [4.78, 5) is 33.4. The molecule has 3 aromatic rings. The zero-order valence-corrected chi connectivity index (χ0v) is 20.8. The zero-order chi connectivity index (χ0) is 24.1. The van der Waals surface area contributed by atoms with Crippen molar-refractivity contribution >= 4 is 28.6 Å². The Bertz CT molecular complexity index is 1220. The van der Waals surface area contributed by atoms with Crippen LogP contribution in [0.1, 0.15) is 38.2 Å². The van der Waals surface area contributed by atoms with E-state index in [0.717, 1.165) is 31.5 Å². The first-order chi connectivity index (χ1) is 16.5. The van der Waals surface area contributed by atoms with Gasteiger partial charge in [-0.25, -0.2) is 4.98 Å². The van der Waals surface area contributed by atoms with Gasteiger partial charge in [-0.05, 0) is 49.6 Å².